The number of aromatic nitrogens is 2. The fourth-order valence-corrected chi connectivity index (χ4v) is 9.90. The first kappa shape index (κ1) is 57.9. The van der Waals surface area contributed by atoms with Gasteiger partial charge in [0.2, 0.25) is 41.4 Å². The van der Waals surface area contributed by atoms with Crippen LogP contribution in [0.5, 0.6) is 0 Å². The number of primary amides is 1. The summed E-state index contributed by atoms with van der Waals surface area (Å²) in [5.74, 6) is -7.71. The van der Waals surface area contributed by atoms with E-state index in [1.54, 1.807) is 71.9 Å². The Morgan fingerprint density at radius 2 is 1.45 bits per heavy atom. The minimum Gasteiger partial charge on any atom is -0.480 e. The number of thioether (sulfide) groups is 2. The Morgan fingerprint density at radius 1 is 0.831 bits per heavy atom. The first-order valence-corrected chi connectivity index (χ1v) is 26.1. The molecule has 8 amide bonds. The highest BCUT2D eigenvalue weighted by molar-refractivity contribution is 8.00. The summed E-state index contributed by atoms with van der Waals surface area (Å²) in [6.45, 7) is 10.8. The maximum atomic E-state index is 14.6. The third-order valence-electron chi connectivity index (χ3n) is 12.4. The first-order valence-electron chi connectivity index (χ1n) is 23.7. The Labute approximate surface area is 422 Å². The van der Waals surface area contributed by atoms with Crippen LogP contribution in [0.3, 0.4) is 0 Å². The van der Waals surface area contributed by atoms with Crippen molar-refractivity contribution in [2.45, 2.75) is 146 Å². The number of nitrogens with zero attached hydrogens (tertiary/aromatic N) is 2. The highest BCUT2D eigenvalue weighted by Gasteiger charge is 2.51. The van der Waals surface area contributed by atoms with Gasteiger partial charge in [0.15, 0.2) is 6.10 Å². The van der Waals surface area contributed by atoms with Crippen LogP contribution in [0.2, 0.25) is 0 Å². The number of aliphatic hydroxyl groups excluding tert-OH is 1. The number of aliphatic hydroxyl groups is 1. The molecule has 392 valence electrons. The van der Waals surface area contributed by atoms with Crippen LogP contribution in [-0.2, 0) is 56.0 Å². The lowest BCUT2D eigenvalue weighted by molar-refractivity contribution is -0.148. The van der Waals surface area contributed by atoms with E-state index in [2.05, 4.69) is 47.2 Å². The lowest BCUT2D eigenvalue weighted by Gasteiger charge is -2.35. The largest absolute Gasteiger partial charge is 0.480 e. The molecule has 0 aliphatic carbocycles. The maximum absolute atomic E-state index is 14.6. The molecular weight excluding hydrogens is 959 g/mol. The van der Waals surface area contributed by atoms with Crippen LogP contribution in [0.25, 0.3) is 0 Å². The van der Waals surface area contributed by atoms with Crippen molar-refractivity contribution in [1.29, 1.82) is 0 Å². The lowest BCUT2D eigenvalue weighted by Crippen LogP contribution is -2.63. The van der Waals surface area contributed by atoms with Gasteiger partial charge >= 0.3 is 5.97 Å². The van der Waals surface area contributed by atoms with Crippen molar-refractivity contribution in [1.82, 2.24) is 52.1 Å². The molecule has 12 N–H and O–H groups in total. The minimum absolute atomic E-state index is 0.0504. The molecule has 1 unspecified atom stereocenters. The van der Waals surface area contributed by atoms with Gasteiger partial charge in [-0.05, 0) is 81.9 Å². The predicted molar refractivity (Wildman–Crippen MR) is 267 cm³/mol. The van der Waals surface area contributed by atoms with Crippen LogP contribution in [0, 0.1) is 11.8 Å². The number of benzene rings is 1. The summed E-state index contributed by atoms with van der Waals surface area (Å²) in [6, 6.07) is -0.532. The molecule has 24 heteroatoms. The van der Waals surface area contributed by atoms with E-state index >= 15 is 0 Å². The summed E-state index contributed by atoms with van der Waals surface area (Å²) in [6.07, 6.45) is 3.66. The highest BCUT2D eigenvalue weighted by atomic mass is 32.2. The van der Waals surface area contributed by atoms with Gasteiger partial charge in [-0.25, -0.2) is 9.78 Å². The van der Waals surface area contributed by atoms with Crippen molar-refractivity contribution in [3.63, 3.8) is 0 Å². The van der Waals surface area contributed by atoms with Crippen LogP contribution in [-0.4, -0.2) is 162 Å². The smallest absolute Gasteiger partial charge is 0.326 e. The number of carboxylic acid groups (broad SMARTS) is 1. The number of carbonyl (C=O) groups excluding carboxylic acids is 8. The second-order valence-electron chi connectivity index (χ2n) is 19.0. The minimum atomic E-state index is -1.93. The van der Waals surface area contributed by atoms with E-state index in [-0.39, 0.29) is 38.0 Å². The summed E-state index contributed by atoms with van der Waals surface area (Å²) in [4.78, 5) is 129. The van der Waals surface area contributed by atoms with Gasteiger partial charge in [-0.2, -0.15) is 11.8 Å². The molecule has 4 rings (SSSR count). The molecule has 71 heavy (non-hydrogen) atoms. The zero-order valence-corrected chi connectivity index (χ0v) is 43.0. The van der Waals surface area contributed by atoms with Crippen LogP contribution in [0.4, 0.5) is 0 Å². The van der Waals surface area contributed by atoms with E-state index in [0.717, 1.165) is 6.42 Å². The molecule has 0 radical (unpaired) electrons. The standard InChI is InChI=1S/C47H71N11O11S2/c1-25(2)35(56-41(63)30(15-16-34(48)59)52-39(61)29-14-11-18-50-29)43(65)54-32(20-27-12-9-8-10-13-27)37(60)45(67)58-24-71-47(5,6)38(58)44(66)57-36(26(3)4)42(64)53-31(17-19-70-7)40(62)55-33(46(68)69)21-28-22-49-23-51-28/h8-10,12-13,22-23,25-26,29-33,35-38,50,60H,11,14-21,24H2,1-7H3,(H2,48,59)(H,49,51)(H,52,61)(H,53,64)(H,54,65)(H,55,62)(H,56,63)(H,57,66)(H,68,69)/t29-,30-,31-,32+,33-,35-,36?,37+,38+/m0/s1. The quantitative estimate of drug-likeness (QED) is 0.0528. The predicted octanol–water partition coefficient (Wildman–Crippen LogP) is -0.688. The number of imidazole rings is 1. The topological polar surface area (TPSA) is 336 Å². The molecule has 0 bridgehead atoms. The second kappa shape index (κ2) is 27.2. The van der Waals surface area contributed by atoms with Crippen molar-refractivity contribution in [2.24, 2.45) is 17.6 Å². The summed E-state index contributed by atoms with van der Waals surface area (Å²) in [5, 5.41) is 41.1. The lowest BCUT2D eigenvalue weighted by atomic mass is 9.95. The Hall–Kier alpha value is -5.72. The van der Waals surface area contributed by atoms with E-state index in [9.17, 15) is 53.4 Å². The van der Waals surface area contributed by atoms with Crippen molar-refractivity contribution >= 4 is 76.8 Å². The number of nitrogens with two attached hydrogens (primary N) is 1. The zero-order valence-electron chi connectivity index (χ0n) is 41.3. The normalized spacial score (nSPS) is 19.3. The molecule has 1 aromatic heterocycles. The molecule has 3 heterocycles. The van der Waals surface area contributed by atoms with Crippen LogP contribution < -0.4 is 43.0 Å². The molecule has 2 saturated heterocycles. The molecule has 2 fully saturated rings. The number of aromatic amines is 1. The van der Waals surface area contributed by atoms with Gasteiger partial charge in [-0.1, -0.05) is 58.0 Å². The third-order valence-corrected chi connectivity index (χ3v) is 14.4. The molecular formula is C47H71N11O11S2. The Balaban J connectivity index is 1.54. The summed E-state index contributed by atoms with van der Waals surface area (Å²) < 4.78 is -0.960. The Morgan fingerprint density at radius 3 is 2.03 bits per heavy atom. The SMILES string of the molecule is CSCC[C@H](NC(=O)C(NC(=O)[C@H]1N(C(=O)[C@H](O)[C@@H](Cc2ccccc2)NC(=O)[C@@H](NC(=O)[C@H](CCC(N)=O)NC(=O)[C@@H]2CCCN2)C(C)C)CSC1(C)C)C(C)C)C(=O)N[C@@H](Cc1cnc[nH]1)C(=O)O. The molecule has 1 aromatic carbocycles. The number of aliphatic carboxylic acids is 1. The third kappa shape index (κ3) is 17.0. The van der Waals surface area contributed by atoms with Crippen molar-refractivity contribution in [3.05, 3.63) is 54.1 Å². The number of rotatable bonds is 27. The van der Waals surface area contributed by atoms with Gasteiger partial charge in [0.25, 0.3) is 5.91 Å². The van der Waals surface area contributed by atoms with Gasteiger partial charge in [0.05, 0.1) is 24.3 Å². The van der Waals surface area contributed by atoms with Gasteiger partial charge in [-0.15, -0.1) is 11.8 Å². The number of nitrogens with one attached hydrogen (secondary N) is 8. The van der Waals surface area contributed by atoms with Gasteiger partial charge in [0.1, 0.15) is 36.3 Å². The molecule has 2 aromatic rings. The van der Waals surface area contributed by atoms with E-state index in [1.165, 1.54) is 40.9 Å². The summed E-state index contributed by atoms with van der Waals surface area (Å²) in [7, 11) is 0. The zero-order chi connectivity index (χ0) is 52.6. The number of carbonyl (C=O) groups is 9. The van der Waals surface area contributed by atoms with Gasteiger partial charge < -0.3 is 63.0 Å². The van der Waals surface area contributed by atoms with E-state index in [0.29, 0.717) is 30.0 Å². The molecule has 0 spiro atoms. The number of hydrogen-bond donors (Lipinski definition) is 11. The monoisotopic (exact) mass is 1030 g/mol. The van der Waals surface area contributed by atoms with Crippen LogP contribution in [0.1, 0.15) is 84.9 Å². The number of carboxylic acids is 1. The van der Waals surface area contributed by atoms with E-state index in [1.807, 2.05) is 6.26 Å². The number of H-pyrrole nitrogens is 1. The molecule has 2 aliphatic rings. The fraction of sp³-hybridized carbons (Fsp3) is 0.617. The number of hydrogen-bond acceptors (Lipinski definition) is 14. The Kier molecular flexibility index (Phi) is 22.2. The first-order chi connectivity index (χ1) is 33.5. The van der Waals surface area contributed by atoms with Gasteiger partial charge in [0, 0.05) is 29.5 Å². The number of amides is 8. The van der Waals surface area contributed by atoms with E-state index < -0.39 is 124 Å². The Bertz CT molecular complexity index is 2160. The average molecular weight is 1030 g/mol. The summed E-state index contributed by atoms with van der Waals surface area (Å²) >= 11 is 2.67. The molecule has 2 aliphatic heterocycles. The van der Waals surface area contributed by atoms with Gasteiger partial charge in [-0.3, -0.25) is 38.4 Å². The van der Waals surface area contributed by atoms with Crippen LogP contribution in [0.15, 0.2) is 42.9 Å². The maximum Gasteiger partial charge on any atom is 0.326 e. The highest BCUT2D eigenvalue weighted by Crippen LogP contribution is 2.40. The van der Waals surface area contributed by atoms with Crippen LogP contribution >= 0.6 is 23.5 Å². The molecule has 9 atom stereocenters. The summed E-state index contributed by atoms with van der Waals surface area (Å²) in [5.41, 5.74) is 6.49. The fourth-order valence-electron chi connectivity index (χ4n) is 8.28. The van der Waals surface area contributed by atoms with Crippen molar-refractivity contribution < 1.29 is 53.4 Å². The second-order valence-corrected chi connectivity index (χ2v) is 21.6. The van der Waals surface area contributed by atoms with Crippen molar-refractivity contribution in [3.8, 4) is 0 Å². The molecule has 0 saturated carbocycles. The molecule has 22 nitrogen and oxygen atoms in total. The van der Waals surface area contributed by atoms with Crippen molar-refractivity contribution in [2.75, 3.05) is 24.4 Å². The van der Waals surface area contributed by atoms with E-state index in [4.69, 9.17) is 5.73 Å². The average Bonchev–Trinajstić information content (AvgIpc) is 4.11.